The number of rotatable bonds is 8. The van der Waals surface area contributed by atoms with Gasteiger partial charge in [0.25, 0.3) is 0 Å². The Labute approximate surface area is 194 Å². The SMILES string of the molecule is CCc1ccc(CC)c(CNC(=O)C2CCN(S(=O)(=O)Cc3cccc(Br)c3)CC2)c1. The number of piperidine rings is 1. The number of hydrogen-bond acceptors (Lipinski definition) is 3. The Morgan fingerprint density at radius 3 is 2.42 bits per heavy atom. The van der Waals surface area contributed by atoms with E-state index in [4.69, 9.17) is 0 Å². The Balaban J connectivity index is 1.54. The topological polar surface area (TPSA) is 66.5 Å². The monoisotopic (exact) mass is 506 g/mol. The van der Waals surface area contributed by atoms with Crippen LogP contribution in [0.25, 0.3) is 0 Å². The van der Waals surface area contributed by atoms with Crippen molar-refractivity contribution in [1.29, 1.82) is 0 Å². The van der Waals surface area contributed by atoms with E-state index in [-0.39, 0.29) is 17.6 Å². The van der Waals surface area contributed by atoms with Gasteiger partial charge in [-0.25, -0.2) is 12.7 Å². The van der Waals surface area contributed by atoms with E-state index in [2.05, 4.69) is 53.3 Å². The number of benzene rings is 2. The van der Waals surface area contributed by atoms with Crippen molar-refractivity contribution >= 4 is 31.9 Å². The van der Waals surface area contributed by atoms with Gasteiger partial charge in [0, 0.05) is 30.0 Å². The zero-order valence-corrected chi connectivity index (χ0v) is 20.6. The summed E-state index contributed by atoms with van der Waals surface area (Å²) in [5.41, 5.74) is 4.45. The number of aryl methyl sites for hydroxylation is 2. The summed E-state index contributed by atoms with van der Waals surface area (Å²) < 4.78 is 28.0. The Hall–Kier alpha value is -1.70. The lowest BCUT2D eigenvalue weighted by molar-refractivity contribution is -0.126. The molecule has 0 atom stereocenters. The number of amides is 1. The lowest BCUT2D eigenvalue weighted by Crippen LogP contribution is -2.43. The third-order valence-corrected chi connectivity index (χ3v) is 8.31. The molecule has 0 spiro atoms. The van der Waals surface area contributed by atoms with Crippen LogP contribution in [0.3, 0.4) is 0 Å². The van der Waals surface area contributed by atoms with Crippen molar-refractivity contribution in [2.45, 2.75) is 51.8 Å². The highest BCUT2D eigenvalue weighted by atomic mass is 79.9. The molecule has 1 aliphatic heterocycles. The molecule has 168 valence electrons. The van der Waals surface area contributed by atoms with Crippen LogP contribution in [0, 0.1) is 5.92 Å². The first-order valence-corrected chi connectivity index (χ1v) is 13.3. The van der Waals surface area contributed by atoms with Crippen molar-refractivity contribution in [2.75, 3.05) is 13.1 Å². The Bertz CT molecular complexity index is 1020. The van der Waals surface area contributed by atoms with Crippen molar-refractivity contribution in [3.8, 4) is 0 Å². The molecule has 2 aromatic carbocycles. The van der Waals surface area contributed by atoms with Crippen molar-refractivity contribution in [1.82, 2.24) is 9.62 Å². The largest absolute Gasteiger partial charge is 0.352 e. The minimum Gasteiger partial charge on any atom is -0.352 e. The van der Waals surface area contributed by atoms with E-state index in [1.54, 1.807) is 0 Å². The van der Waals surface area contributed by atoms with E-state index in [0.29, 0.717) is 32.5 Å². The molecule has 3 rings (SSSR count). The van der Waals surface area contributed by atoms with Crippen LogP contribution in [-0.2, 0) is 40.0 Å². The van der Waals surface area contributed by atoms with Gasteiger partial charge in [0.15, 0.2) is 0 Å². The first-order chi connectivity index (χ1) is 14.8. The Morgan fingerprint density at radius 1 is 1.03 bits per heavy atom. The third kappa shape index (κ3) is 6.40. The van der Waals surface area contributed by atoms with Crippen LogP contribution in [0.4, 0.5) is 0 Å². The van der Waals surface area contributed by atoms with Crippen LogP contribution in [0.5, 0.6) is 0 Å². The smallest absolute Gasteiger partial charge is 0.223 e. The van der Waals surface area contributed by atoms with E-state index >= 15 is 0 Å². The minimum absolute atomic E-state index is 0.0170. The minimum atomic E-state index is -3.39. The van der Waals surface area contributed by atoms with Gasteiger partial charge in [0.1, 0.15) is 0 Å². The zero-order valence-electron chi connectivity index (χ0n) is 18.2. The van der Waals surface area contributed by atoms with Gasteiger partial charge in [-0.3, -0.25) is 4.79 Å². The highest BCUT2D eigenvalue weighted by Crippen LogP contribution is 2.23. The molecule has 1 aliphatic rings. The summed E-state index contributed by atoms with van der Waals surface area (Å²) in [6, 6.07) is 13.8. The van der Waals surface area contributed by atoms with E-state index in [1.165, 1.54) is 21.0 Å². The Kier molecular flexibility index (Phi) is 8.30. The molecule has 31 heavy (non-hydrogen) atoms. The second kappa shape index (κ2) is 10.7. The fourth-order valence-electron chi connectivity index (χ4n) is 4.06. The predicted octanol–water partition coefficient (Wildman–Crippen LogP) is 4.43. The summed E-state index contributed by atoms with van der Waals surface area (Å²) in [6.45, 7) is 5.55. The third-order valence-electron chi connectivity index (χ3n) is 5.97. The molecule has 1 fully saturated rings. The molecule has 1 saturated heterocycles. The van der Waals surface area contributed by atoms with Crippen LogP contribution in [-0.4, -0.2) is 31.7 Å². The highest BCUT2D eigenvalue weighted by Gasteiger charge is 2.31. The highest BCUT2D eigenvalue weighted by molar-refractivity contribution is 9.10. The van der Waals surface area contributed by atoms with Crippen LogP contribution in [0.1, 0.15) is 48.9 Å². The van der Waals surface area contributed by atoms with Gasteiger partial charge in [-0.15, -0.1) is 0 Å². The first-order valence-electron chi connectivity index (χ1n) is 10.9. The van der Waals surface area contributed by atoms with Gasteiger partial charge in [-0.1, -0.05) is 60.1 Å². The first kappa shape index (κ1) is 24.0. The molecule has 7 heteroatoms. The molecule has 0 radical (unpaired) electrons. The maximum Gasteiger partial charge on any atom is 0.223 e. The van der Waals surface area contributed by atoms with Gasteiger partial charge >= 0.3 is 0 Å². The van der Waals surface area contributed by atoms with E-state index in [9.17, 15) is 13.2 Å². The number of nitrogens with zero attached hydrogens (tertiary/aromatic N) is 1. The number of hydrogen-bond donors (Lipinski definition) is 1. The summed E-state index contributed by atoms with van der Waals surface area (Å²) in [7, 11) is -3.39. The van der Waals surface area contributed by atoms with Crippen molar-refractivity contribution < 1.29 is 13.2 Å². The number of sulfonamides is 1. The number of nitrogens with one attached hydrogen (secondary N) is 1. The maximum absolute atomic E-state index is 12.8. The molecule has 0 unspecified atom stereocenters. The molecular weight excluding hydrogens is 476 g/mol. The van der Waals surface area contributed by atoms with Gasteiger partial charge in [0.2, 0.25) is 15.9 Å². The molecule has 1 amide bonds. The second-order valence-corrected chi connectivity index (χ2v) is 11.0. The summed E-state index contributed by atoms with van der Waals surface area (Å²) in [4.78, 5) is 12.7. The van der Waals surface area contributed by atoms with Crippen molar-refractivity contribution in [3.63, 3.8) is 0 Å². The lowest BCUT2D eigenvalue weighted by atomic mass is 9.96. The van der Waals surface area contributed by atoms with E-state index in [0.717, 1.165) is 22.9 Å². The quantitative estimate of drug-likeness (QED) is 0.575. The Morgan fingerprint density at radius 2 is 1.77 bits per heavy atom. The summed E-state index contributed by atoms with van der Waals surface area (Å²) in [6.07, 6.45) is 3.01. The van der Waals surface area contributed by atoms with Gasteiger partial charge < -0.3 is 5.32 Å². The van der Waals surface area contributed by atoms with Gasteiger partial charge in [0.05, 0.1) is 5.75 Å². The van der Waals surface area contributed by atoms with Gasteiger partial charge in [-0.2, -0.15) is 0 Å². The van der Waals surface area contributed by atoms with Gasteiger partial charge in [-0.05, 0) is 60.1 Å². The summed E-state index contributed by atoms with van der Waals surface area (Å²) >= 11 is 3.39. The molecular formula is C24H31BrN2O3S. The average Bonchev–Trinajstić information content (AvgIpc) is 2.77. The molecule has 5 nitrogen and oxygen atoms in total. The van der Waals surface area contributed by atoms with Crippen molar-refractivity contribution in [2.24, 2.45) is 5.92 Å². The fraction of sp³-hybridized carbons (Fsp3) is 0.458. The summed E-state index contributed by atoms with van der Waals surface area (Å²) in [5.74, 6) is -0.138. The molecule has 0 saturated carbocycles. The fourth-order valence-corrected chi connectivity index (χ4v) is 6.06. The molecule has 0 aromatic heterocycles. The normalized spacial score (nSPS) is 15.7. The number of carbonyl (C=O) groups is 1. The standard InChI is InChI=1S/C24H31BrN2O3S/c1-3-18-8-9-20(4-2)22(14-18)16-26-24(28)21-10-12-27(13-11-21)31(29,30)17-19-6-5-7-23(25)15-19/h5-9,14-15,21H,3-4,10-13,16-17H2,1-2H3,(H,26,28). The molecule has 2 aromatic rings. The average molecular weight is 507 g/mol. The van der Waals surface area contributed by atoms with Crippen LogP contribution in [0.15, 0.2) is 46.9 Å². The van der Waals surface area contributed by atoms with Crippen LogP contribution >= 0.6 is 15.9 Å². The lowest BCUT2D eigenvalue weighted by Gasteiger charge is -2.30. The maximum atomic E-state index is 12.8. The number of halogens is 1. The molecule has 1 N–H and O–H groups in total. The molecule has 0 bridgehead atoms. The van der Waals surface area contributed by atoms with Crippen LogP contribution in [0.2, 0.25) is 0 Å². The van der Waals surface area contributed by atoms with E-state index < -0.39 is 10.0 Å². The molecule has 0 aliphatic carbocycles. The predicted molar refractivity (Wildman–Crippen MR) is 128 cm³/mol. The summed E-state index contributed by atoms with van der Waals surface area (Å²) in [5, 5.41) is 3.08. The van der Waals surface area contributed by atoms with Crippen molar-refractivity contribution in [3.05, 3.63) is 69.2 Å². The number of carbonyl (C=O) groups excluding carboxylic acids is 1. The van der Waals surface area contributed by atoms with E-state index in [1.807, 2.05) is 24.3 Å². The second-order valence-electron chi connectivity index (χ2n) is 8.09. The van der Waals surface area contributed by atoms with Crippen LogP contribution < -0.4 is 5.32 Å². The molecule has 1 heterocycles. The zero-order chi connectivity index (χ0) is 22.4.